The van der Waals surface area contributed by atoms with Gasteiger partial charge in [-0.1, -0.05) is 39.8 Å². The van der Waals surface area contributed by atoms with Gasteiger partial charge in [0.05, 0.1) is 0 Å². The molecule has 1 heterocycles. The van der Waals surface area contributed by atoms with E-state index in [1.165, 1.54) is 0 Å². The third kappa shape index (κ3) is 3.28. The molecule has 0 spiro atoms. The maximum Gasteiger partial charge on any atom is 0.191 e. The number of alkyl halides is 1. The van der Waals surface area contributed by atoms with Crippen LogP contribution in [0.4, 0.5) is 0 Å². The summed E-state index contributed by atoms with van der Waals surface area (Å²) < 4.78 is 3.06. The van der Waals surface area contributed by atoms with Gasteiger partial charge in [0.1, 0.15) is 0 Å². The molecule has 0 fully saturated rings. The first-order valence-corrected chi connectivity index (χ1v) is 7.88. The number of hydrogen-bond donors (Lipinski definition) is 0. The Morgan fingerprint density at radius 3 is 2.94 bits per heavy atom. The van der Waals surface area contributed by atoms with E-state index in [1.807, 2.05) is 35.9 Å². The molecule has 0 radical (unpaired) electrons. The van der Waals surface area contributed by atoms with E-state index in [-0.39, 0.29) is 0 Å². The molecule has 0 unspecified atom stereocenters. The van der Waals surface area contributed by atoms with E-state index in [0.29, 0.717) is 5.88 Å². The lowest BCUT2D eigenvalue weighted by Crippen LogP contribution is -1.95. The lowest BCUT2D eigenvalue weighted by molar-refractivity contribution is 0.793. The normalized spacial score (nSPS) is 10.8. The Bertz CT molecular complexity index is 530. The van der Waals surface area contributed by atoms with Crippen LogP contribution >= 0.6 is 39.3 Å². The van der Waals surface area contributed by atoms with Gasteiger partial charge in [-0.15, -0.1) is 21.8 Å². The van der Waals surface area contributed by atoms with Crippen molar-refractivity contribution in [3.8, 4) is 11.4 Å². The van der Waals surface area contributed by atoms with Gasteiger partial charge in [-0.05, 0) is 18.6 Å². The molecular formula is C12H13BrClN3S. The van der Waals surface area contributed by atoms with Gasteiger partial charge < -0.3 is 4.57 Å². The number of benzene rings is 1. The third-order valence-corrected chi connectivity index (χ3v) is 4.29. The largest absolute Gasteiger partial charge is 0.305 e. The molecule has 0 N–H and O–H groups in total. The summed E-state index contributed by atoms with van der Waals surface area (Å²) in [4.78, 5) is 0. The van der Waals surface area contributed by atoms with Gasteiger partial charge in [-0.2, -0.15) is 0 Å². The van der Waals surface area contributed by atoms with Gasteiger partial charge in [0.15, 0.2) is 11.0 Å². The summed E-state index contributed by atoms with van der Waals surface area (Å²) in [5, 5.41) is 9.38. The standard InChI is InChI=1S/C12H13BrClN3S/c1-17-11(9-4-2-5-10(13)8-9)15-16-12(17)18-7-3-6-14/h2,4-5,8H,3,6-7H2,1H3. The molecule has 18 heavy (non-hydrogen) atoms. The highest BCUT2D eigenvalue weighted by molar-refractivity contribution is 9.10. The van der Waals surface area contributed by atoms with Gasteiger partial charge in [0, 0.05) is 28.7 Å². The second-order valence-corrected chi connectivity index (χ2v) is 6.12. The Labute approximate surface area is 124 Å². The summed E-state index contributed by atoms with van der Waals surface area (Å²) in [5.41, 5.74) is 1.06. The summed E-state index contributed by atoms with van der Waals surface area (Å²) in [6.07, 6.45) is 0.977. The number of thioether (sulfide) groups is 1. The maximum atomic E-state index is 5.66. The predicted molar refractivity (Wildman–Crippen MR) is 80.2 cm³/mol. The number of nitrogens with zero attached hydrogens (tertiary/aromatic N) is 3. The van der Waals surface area contributed by atoms with Crippen LogP contribution in [0.2, 0.25) is 0 Å². The minimum atomic E-state index is 0.684. The monoisotopic (exact) mass is 345 g/mol. The molecule has 96 valence electrons. The highest BCUT2D eigenvalue weighted by Gasteiger charge is 2.10. The quantitative estimate of drug-likeness (QED) is 0.466. The van der Waals surface area contributed by atoms with Crippen molar-refractivity contribution in [1.29, 1.82) is 0 Å². The van der Waals surface area contributed by atoms with Gasteiger partial charge in [-0.3, -0.25) is 0 Å². The molecule has 0 amide bonds. The SMILES string of the molecule is Cn1c(SCCCCl)nnc1-c1cccc(Br)c1. The molecule has 0 aliphatic heterocycles. The predicted octanol–water partition coefficient (Wildman–Crippen LogP) is 3.97. The molecule has 2 rings (SSSR count). The topological polar surface area (TPSA) is 30.7 Å². The zero-order chi connectivity index (χ0) is 13.0. The number of aromatic nitrogens is 3. The van der Waals surface area contributed by atoms with Crippen LogP contribution in [-0.4, -0.2) is 26.4 Å². The van der Waals surface area contributed by atoms with Crippen LogP contribution < -0.4 is 0 Å². The van der Waals surface area contributed by atoms with Gasteiger partial charge >= 0.3 is 0 Å². The van der Waals surface area contributed by atoms with E-state index in [0.717, 1.165) is 33.2 Å². The number of halogens is 2. The van der Waals surface area contributed by atoms with E-state index < -0.39 is 0 Å². The summed E-state index contributed by atoms with van der Waals surface area (Å²) in [6.45, 7) is 0. The second kappa shape index (κ2) is 6.59. The van der Waals surface area contributed by atoms with Crippen LogP contribution in [-0.2, 0) is 7.05 Å². The average Bonchev–Trinajstić information content (AvgIpc) is 2.72. The first-order chi connectivity index (χ1) is 8.72. The highest BCUT2D eigenvalue weighted by atomic mass is 79.9. The maximum absolute atomic E-state index is 5.66. The fourth-order valence-electron chi connectivity index (χ4n) is 1.54. The summed E-state index contributed by atoms with van der Waals surface area (Å²) in [5.74, 6) is 2.53. The number of rotatable bonds is 5. The zero-order valence-electron chi connectivity index (χ0n) is 9.94. The van der Waals surface area contributed by atoms with Gasteiger partial charge in [0.2, 0.25) is 0 Å². The minimum absolute atomic E-state index is 0.684. The molecule has 1 aromatic carbocycles. The van der Waals surface area contributed by atoms with Crippen LogP contribution in [0.15, 0.2) is 33.9 Å². The highest BCUT2D eigenvalue weighted by Crippen LogP contribution is 2.25. The number of hydrogen-bond acceptors (Lipinski definition) is 3. The molecule has 2 aromatic rings. The van der Waals surface area contributed by atoms with Crippen molar-refractivity contribution >= 4 is 39.3 Å². The molecule has 0 bridgehead atoms. The fourth-order valence-corrected chi connectivity index (χ4v) is 3.08. The Morgan fingerprint density at radius 2 is 2.22 bits per heavy atom. The second-order valence-electron chi connectivity index (χ2n) is 3.77. The molecule has 1 aromatic heterocycles. The lowest BCUT2D eigenvalue weighted by Gasteiger charge is -2.03. The van der Waals surface area contributed by atoms with Crippen LogP contribution in [0.3, 0.4) is 0 Å². The Morgan fingerprint density at radius 1 is 1.39 bits per heavy atom. The molecule has 6 heteroatoms. The van der Waals surface area contributed by atoms with Crippen LogP contribution in [0.5, 0.6) is 0 Å². The Hall–Kier alpha value is -0.520. The molecule has 0 aliphatic carbocycles. The van der Waals surface area contributed by atoms with Crippen molar-refractivity contribution < 1.29 is 0 Å². The van der Waals surface area contributed by atoms with Crippen molar-refractivity contribution in [1.82, 2.24) is 14.8 Å². The van der Waals surface area contributed by atoms with Crippen LogP contribution in [0.1, 0.15) is 6.42 Å². The summed E-state index contributed by atoms with van der Waals surface area (Å²) >= 11 is 10.8. The van der Waals surface area contributed by atoms with Crippen molar-refractivity contribution in [3.63, 3.8) is 0 Å². The van der Waals surface area contributed by atoms with Gasteiger partial charge in [0.25, 0.3) is 0 Å². The fraction of sp³-hybridized carbons (Fsp3) is 0.333. The molecule has 0 atom stereocenters. The van der Waals surface area contributed by atoms with E-state index in [4.69, 9.17) is 11.6 Å². The Balaban J connectivity index is 2.20. The van der Waals surface area contributed by atoms with Crippen molar-refractivity contribution in [3.05, 3.63) is 28.7 Å². The van der Waals surface area contributed by atoms with Crippen molar-refractivity contribution in [2.75, 3.05) is 11.6 Å². The molecule has 0 aliphatic rings. The molecular weight excluding hydrogens is 334 g/mol. The first kappa shape index (κ1) is 13.9. The van der Waals surface area contributed by atoms with E-state index in [1.54, 1.807) is 11.8 Å². The van der Waals surface area contributed by atoms with Crippen LogP contribution in [0.25, 0.3) is 11.4 Å². The lowest BCUT2D eigenvalue weighted by atomic mass is 10.2. The first-order valence-electron chi connectivity index (χ1n) is 5.56. The summed E-state index contributed by atoms with van der Waals surface area (Å²) in [7, 11) is 1.99. The third-order valence-electron chi connectivity index (χ3n) is 2.43. The van der Waals surface area contributed by atoms with Crippen LogP contribution in [0, 0.1) is 0 Å². The van der Waals surface area contributed by atoms with E-state index in [9.17, 15) is 0 Å². The summed E-state index contributed by atoms with van der Waals surface area (Å²) in [6, 6.07) is 8.06. The van der Waals surface area contributed by atoms with Gasteiger partial charge in [-0.25, -0.2) is 0 Å². The smallest absolute Gasteiger partial charge is 0.191 e. The van der Waals surface area contributed by atoms with E-state index in [2.05, 4.69) is 26.1 Å². The van der Waals surface area contributed by atoms with E-state index >= 15 is 0 Å². The van der Waals surface area contributed by atoms with Crippen molar-refractivity contribution in [2.45, 2.75) is 11.6 Å². The zero-order valence-corrected chi connectivity index (χ0v) is 13.1. The minimum Gasteiger partial charge on any atom is -0.305 e. The Kier molecular flexibility index (Phi) is 5.09. The molecule has 0 saturated heterocycles. The molecule has 0 saturated carbocycles. The molecule has 3 nitrogen and oxygen atoms in total. The van der Waals surface area contributed by atoms with Crippen molar-refractivity contribution in [2.24, 2.45) is 7.05 Å². The average molecular weight is 347 g/mol.